The van der Waals surface area contributed by atoms with E-state index in [9.17, 15) is 9.59 Å². The first-order valence-corrected chi connectivity index (χ1v) is 10.2. The molecule has 2 N–H and O–H groups in total. The Balaban J connectivity index is 1.47. The van der Waals surface area contributed by atoms with Gasteiger partial charge < -0.3 is 25.0 Å². The number of nitrogens with zero attached hydrogens (tertiary/aromatic N) is 3. The number of piperidine rings is 1. The summed E-state index contributed by atoms with van der Waals surface area (Å²) in [6.45, 7) is 4.78. The number of oxime groups is 1. The summed E-state index contributed by atoms with van der Waals surface area (Å²) in [6.07, 6.45) is 2.68. The molecule has 2 heterocycles. The van der Waals surface area contributed by atoms with Crippen molar-refractivity contribution in [2.45, 2.75) is 51.4 Å². The maximum absolute atomic E-state index is 12.7. The van der Waals surface area contributed by atoms with Crippen molar-refractivity contribution in [2.75, 3.05) is 19.7 Å². The molecule has 9 heteroatoms. The van der Waals surface area contributed by atoms with E-state index < -0.39 is 12.1 Å². The van der Waals surface area contributed by atoms with E-state index >= 15 is 0 Å². The molecule has 0 aromatic heterocycles. The zero-order chi connectivity index (χ0) is 21.5. The second kappa shape index (κ2) is 10.2. The monoisotopic (exact) mass is 416 g/mol. The number of nitrogens with one attached hydrogen (secondary N) is 1. The van der Waals surface area contributed by atoms with Crippen LogP contribution in [0.25, 0.3) is 0 Å². The van der Waals surface area contributed by atoms with Crippen LogP contribution in [0.15, 0.2) is 34.5 Å². The van der Waals surface area contributed by atoms with Gasteiger partial charge in [0.2, 0.25) is 6.10 Å². The highest BCUT2D eigenvalue weighted by molar-refractivity contribution is 6.04. The minimum Gasteiger partial charge on any atom is -0.480 e. The average molecular weight is 416 g/mol. The lowest BCUT2D eigenvalue weighted by Crippen LogP contribution is -2.45. The molecule has 3 rings (SSSR count). The Labute approximate surface area is 175 Å². The average Bonchev–Trinajstić information content (AvgIpc) is 3.22. The third-order valence-corrected chi connectivity index (χ3v) is 4.93. The molecule has 0 bridgehead atoms. The van der Waals surface area contributed by atoms with Crippen LogP contribution in [0, 0.1) is 0 Å². The van der Waals surface area contributed by atoms with Crippen LogP contribution >= 0.6 is 0 Å². The molecular weight excluding hydrogens is 388 g/mol. The lowest BCUT2D eigenvalue weighted by atomic mass is 10.0. The van der Waals surface area contributed by atoms with E-state index in [1.54, 1.807) is 11.1 Å². The quantitative estimate of drug-likeness (QED) is 0.492. The first-order valence-electron chi connectivity index (χ1n) is 10.2. The van der Waals surface area contributed by atoms with Gasteiger partial charge in [-0.25, -0.2) is 4.79 Å². The van der Waals surface area contributed by atoms with Gasteiger partial charge in [0, 0.05) is 25.6 Å². The van der Waals surface area contributed by atoms with Crippen molar-refractivity contribution in [3.8, 4) is 0 Å². The summed E-state index contributed by atoms with van der Waals surface area (Å²) in [4.78, 5) is 30.5. The maximum atomic E-state index is 12.7. The summed E-state index contributed by atoms with van der Waals surface area (Å²) in [5.41, 5.74) is 5.61. The minimum absolute atomic E-state index is 0.0889. The summed E-state index contributed by atoms with van der Waals surface area (Å²) >= 11 is 0. The van der Waals surface area contributed by atoms with Gasteiger partial charge in [-0.3, -0.25) is 4.79 Å². The highest BCUT2D eigenvalue weighted by Crippen LogP contribution is 2.21. The van der Waals surface area contributed by atoms with E-state index in [-0.39, 0.29) is 24.7 Å². The second-order valence-corrected chi connectivity index (χ2v) is 7.73. The van der Waals surface area contributed by atoms with Gasteiger partial charge in [0.15, 0.2) is 0 Å². The number of hydrogen-bond donors (Lipinski definition) is 2. The number of hydrogen-bond acceptors (Lipinski definition) is 7. The lowest BCUT2D eigenvalue weighted by Gasteiger charge is -2.32. The van der Waals surface area contributed by atoms with E-state index in [2.05, 4.69) is 15.7 Å². The normalized spacial score (nSPS) is 19.8. The highest BCUT2D eigenvalue weighted by Gasteiger charge is 2.34. The minimum atomic E-state index is -0.981. The molecule has 0 spiro atoms. The Kier molecular flexibility index (Phi) is 7.40. The second-order valence-electron chi connectivity index (χ2n) is 7.73. The predicted octanol–water partition coefficient (Wildman–Crippen LogP) is 1.60. The van der Waals surface area contributed by atoms with Crippen LogP contribution in [0.4, 0.5) is 0 Å². The number of likely N-dealkylation sites (tertiary alicyclic amines) is 1. The molecule has 1 aromatic carbocycles. The van der Waals surface area contributed by atoms with Crippen LogP contribution < -0.4 is 5.43 Å². The van der Waals surface area contributed by atoms with E-state index in [0.29, 0.717) is 32.4 Å². The number of carbonyl (C=O) groups is 2. The third-order valence-electron chi connectivity index (χ3n) is 4.93. The zero-order valence-electron chi connectivity index (χ0n) is 17.3. The van der Waals surface area contributed by atoms with Gasteiger partial charge in [-0.15, -0.1) is 0 Å². The molecule has 2 aliphatic heterocycles. The van der Waals surface area contributed by atoms with Gasteiger partial charge in [0.05, 0.1) is 18.0 Å². The van der Waals surface area contributed by atoms with Crippen LogP contribution in [0.1, 0.15) is 44.2 Å². The molecule has 162 valence electrons. The fourth-order valence-corrected chi connectivity index (χ4v) is 3.34. The summed E-state index contributed by atoms with van der Waals surface area (Å²) in [6, 6.07) is 8.05. The number of carboxylic acids is 1. The number of hydrazone groups is 1. The summed E-state index contributed by atoms with van der Waals surface area (Å²) in [5, 5.41) is 17.0. The number of aliphatic carboxylic acids is 1. The van der Waals surface area contributed by atoms with Crippen LogP contribution in [0.5, 0.6) is 0 Å². The van der Waals surface area contributed by atoms with Crippen molar-refractivity contribution in [2.24, 2.45) is 10.3 Å². The fourth-order valence-electron chi connectivity index (χ4n) is 3.34. The lowest BCUT2D eigenvalue weighted by molar-refractivity contribution is -0.149. The zero-order valence-corrected chi connectivity index (χ0v) is 17.3. The number of benzene rings is 1. The first-order chi connectivity index (χ1) is 14.4. The third kappa shape index (κ3) is 6.03. The highest BCUT2D eigenvalue weighted by atomic mass is 16.6. The van der Waals surface area contributed by atoms with Crippen molar-refractivity contribution in [3.63, 3.8) is 0 Å². The largest absolute Gasteiger partial charge is 0.480 e. The van der Waals surface area contributed by atoms with Crippen molar-refractivity contribution >= 4 is 23.8 Å². The molecule has 2 aliphatic rings. The molecule has 0 aliphatic carbocycles. The number of carbonyl (C=O) groups excluding carboxylic acids is 1. The molecule has 1 aromatic rings. The van der Waals surface area contributed by atoms with Gasteiger partial charge >= 0.3 is 5.97 Å². The van der Waals surface area contributed by atoms with Gasteiger partial charge in [-0.1, -0.05) is 29.4 Å². The molecule has 1 saturated heterocycles. The standard InChI is InChI=1S/C21H28N4O5/c1-14(2)23-22-12-15-3-5-16(6-4-15)18-11-19(30-24-18)21(28)25-9-7-17(8-10-25)29-13-20(26)27/h3-6,12,14,17,19,23H,7-11,13H2,1-2H3,(H,26,27). The van der Waals surface area contributed by atoms with Gasteiger partial charge in [0.1, 0.15) is 6.61 Å². The topological polar surface area (TPSA) is 113 Å². The van der Waals surface area contributed by atoms with E-state index in [0.717, 1.165) is 16.8 Å². The molecule has 1 amide bonds. The molecular formula is C21H28N4O5. The van der Waals surface area contributed by atoms with E-state index in [1.165, 1.54) is 0 Å². The van der Waals surface area contributed by atoms with E-state index in [4.69, 9.17) is 14.7 Å². The summed E-state index contributed by atoms with van der Waals surface area (Å²) < 4.78 is 5.31. The van der Waals surface area contributed by atoms with Gasteiger partial charge in [0.25, 0.3) is 5.91 Å². The van der Waals surface area contributed by atoms with Crippen molar-refractivity contribution in [1.82, 2.24) is 10.3 Å². The van der Waals surface area contributed by atoms with Crippen molar-refractivity contribution in [1.29, 1.82) is 0 Å². The number of ether oxygens (including phenoxy) is 1. The Morgan fingerprint density at radius 1 is 1.33 bits per heavy atom. The van der Waals surface area contributed by atoms with E-state index in [1.807, 2.05) is 38.1 Å². The Hall–Kier alpha value is -2.94. The molecule has 0 radical (unpaired) electrons. The van der Waals surface area contributed by atoms with Gasteiger partial charge in [-0.2, -0.15) is 5.10 Å². The van der Waals surface area contributed by atoms with Crippen LogP contribution in [0.3, 0.4) is 0 Å². The van der Waals surface area contributed by atoms with Crippen LogP contribution in [-0.4, -0.2) is 71.8 Å². The smallest absolute Gasteiger partial charge is 0.329 e. The molecule has 1 atom stereocenters. The molecule has 0 saturated carbocycles. The summed E-state index contributed by atoms with van der Waals surface area (Å²) in [7, 11) is 0. The van der Waals surface area contributed by atoms with Gasteiger partial charge in [-0.05, 0) is 37.8 Å². The van der Waals surface area contributed by atoms with Crippen molar-refractivity contribution < 1.29 is 24.3 Å². The first kappa shape index (κ1) is 21.8. The van der Waals surface area contributed by atoms with Crippen LogP contribution in [0.2, 0.25) is 0 Å². The Morgan fingerprint density at radius 2 is 2.03 bits per heavy atom. The maximum Gasteiger partial charge on any atom is 0.329 e. The van der Waals surface area contributed by atoms with Crippen LogP contribution in [-0.2, 0) is 19.2 Å². The Morgan fingerprint density at radius 3 is 2.67 bits per heavy atom. The molecule has 9 nitrogen and oxygen atoms in total. The Bertz CT molecular complexity index is 798. The fraction of sp³-hybridized carbons (Fsp3) is 0.524. The number of carboxylic acid groups (broad SMARTS) is 1. The molecule has 1 fully saturated rings. The SMILES string of the molecule is CC(C)NN=Cc1ccc(C2=NOC(C(=O)N3CCC(OCC(=O)O)CC3)C2)cc1. The molecule has 30 heavy (non-hydrogen) atoms. The number of amides is 1. The van der Waals surface area contributed by atoms with Crippen molar-refractivity contribution in [3.05, 3.63) is 35.4 Å². The predicted molar refractivity (Wildman–Crippen MR) is 112 cm³/mol. The molecule has 1 unspecified atom stereocenters. The summed E-state index contributed by atoms with van der Waals surface area (Å²) in [5.74, 6) is -1.07. The number of rotatable bonds is 8.